The number of hydrogen-bond donors (Lipinski definition) is 1. The SMILES string of the molecule is c1ccc(-c2nc(-c3ccccc3)nc(-c3ccc4c(c3)oc3cc(-n5c6ccccc6c6ccc7c8ccccc8[nH]c7c65)ccc34)n2)cc1. The third-order valence-electron chi connectivity index (χ3n) is 9.99. The lowest BCUT2D eigenvalue weighted by atomic mass is 10.1. The summed E-state index contributed by atoms with van der Waals surface area (Å²) in [5, 5.41) is 6.96. The van der Waals surface area contributed by atoms with Crippen LogP contribution in [0.25, 0.3) is 105 Å². The van der Waals surface area contributed by atoms with Crippen LogP contribution in [-0.4, -0.2) is 24.5 Å². The zero-order chi connectivity index (χ0) is 33.5. The molecule has 6 nitrogen and oxygen atoms in total. The maximum Gasteiger partial charge on any atom is 0.164 e. The third kappa shape index (κ3) is 4.26. The predicted octanol–water partition coefficient (Wildman–Crippen LogP) is 11.5. The molecule has 4 heterocycles. The van der Waals surface area contributed by atoms with E-state index < -0.39 is 0 Å². The number of aromatic nitrogens is 5. The second kappa shape index (κ2) is 10.7. The molecule has 238 valence electrons. The van der Waals surface area contributed by atoms with E-state index in [0.717, 1.165) is 66.4 Å². The van der Waals surface area contributed by atoms with E-state index in [4.69, 9.17) is 19.4 Å². The molecule has 11 aromatic rings. The summed E-state index contributed by atoms with van der Waals surface area (Å²) in [7, 11) is 0. The van der Waals surface area contributed by atoms with Crippen molar-refractivity contribution in [3.05, 3.63) is 158 Å². The molecule has 51 heavy (non-hydrogen) atoms. The van der Waals surface area contributed by atoms with Gasteiger partial charge in [-0.25, -0.2) is 15.0 Å². The minimum atomic E-state index is 0.596. The molecule has 0 aliphatic carbocycles. The normalized spacial score (nSPS) is 11.9. The van der Waals surface area contributed by atoms with Gasteiger partial charge in [0.15, 0.2) is 17.5 Å². The number of nitrogens with one attached hydrogen (secondary N) is 1. The quantitative estimate of drug-likeness (QED) is 0.205. The van der Waals surface area contributed by atoms with Gasteiger partial charge in [-0.05, 0) is 36.4 Å². The lowest BCUT2D eigenvalue weighted by Gasteiger charge is -2.08. The molecular formula is C45H27N5O. The van der Waals surface area contributed by atoms with Crippen LogP contribution in [0, 0.1) is 0 Å². The summed E-state index contributed by atoms with van der Waals surface area (Å²) < 4.78 is 9.01. The topological polar surface area (TPSA) is 72.5 Å². The molecule has 0 amide bonds. The lowest BCUT2D eigenvalue weighted by molar-refractivity contribution is 0.668. The Morgan fingerprint density at radius 1 is 0.431 bits per heavy atom. The number of aromatic amines is 1. The largest absolute Gasteiger partial charge is 0.456 e. The van der Waals surface area contributed by atoms with E-state index in [0.29, 0.717) is 17.5 Å². The number of fused-ring (bicyclic) bond motifs is 10. The maximum absolute atomic E-state index is 6.65. The van der Waals surface area contributed by atoms with Crippen LogP contribution in [-0.2, 0) is 0 Å². The van der Waals surface area contributed by atoms with Crippen molar-refractivity contribution in [3.8, 4) is 39.9 Å². The van der Waals surface area contributed by atoms with Crippen LogP contribution in [0.5, 0.6) is 0 Å². The molecule has 1 N–H and O–H groups in total. The van der Waals surface area contributed by atoms with Crippen molar-refractivity contribution >= 4 is 65.6 Å². The van der Waals surface area contributed by atoms with Crippen LogP contribution in [0.2, 0.25) is 0 Å². The molecule has 0 unspecified atom stereocenters. The fourth-order valence-electron chi connectivity index (χ4n) is 7.62. The van der Waals surface area contributed by atoms with Crippen LogP contribution < -0.4 is 0 Å². The second-order valence-corrected chi connectivity index (χ2v) is 12.9. The molecule has 0 spiro atoms. The number of para-hydroxylation sites is 2. The van der Waals surface area contributed by atoms with E-state index in [1.54, 1.807) is 0 Å². The van der Waals surface area contributed by atoms with Gasteiger partial charge in [0.2, 0.25) is 0 Å². The minimum Gasteiger partial charge on any atom is -0.456 e. The molecule has 6 heteroatoms. The van der Waals surface area contributed by atoms with Gasteiger partial charge in [-0.3, -0.25) is 0 Å². The summed E-state index contributed by atoms with van der Waals surface area (Å²) in [6.45, 7) is 0. The van der Waals surface area contributed by atoms with E-state index in [2.05, 4.69) is 101 Å². The first kappa shape index (κ1) is 27.9. The molecule has 0 radical (unpaired) electrons. The highest BCUT2D eigenvalue weighted by molar-refractivity contribution is 6.22. The van der Waals surface area contributed by atoms with Crippen LogP contribution in [0.1, 0.15) is 0 Å². The number of benzene rings is 7. The molecule has 0 saturated carbocycles. The number of H-pyrrole nitrogens is 1. The molecule has 0 aliphatic heterocycles. The average Bonchev–Trinajstić information content (AvgIpc) is 3.87. The van der Waals surface area contributed by atoms with Crippen molar-refractivity contribution < 1.29 is 4.42 Å². The van der Waals surface area contributed by atoms with Gasteiger partial charge in [-0.1, -0.05) is 115 Å². The summed E-state index contributed by atoms with van der Waals surface area (Å²) in [4.78, 5) is 18.5. The second-order valence-electron chi connectivity index (χ2n) is 12.9. The highest BCUT2D eigenvalue weighted by atomic mass is 16.3. The number of nitrogens with zero attached hydrogens (tertiary/aromatic N) is 4. The zero-order valence-electron chi connectivity index (χ0n) is 27.2. The maximum atomic E-state index is 6.65. The smallest absolute Gasteiger partial charge is 0.164 e. The van der Waals surface area contributed by atoms with E-state index >= 15 is 0 Å². The Hall–Kier alpha value is -7.05. The Labute approximate surface area is 291 Å². The van der Waals surface area contributed by atoms with Gasteiger partial charge in [-0.2, -0.15) is 0 Å². The summed E-state index contributed by atoms with van der Waals surface area (Å²) >= 11 is 0. The fourth-order valence-corrected chi connectivity index (χ4v) is 7.62. The van der Waals surface area contributed by atoms with Gasteiger partial charge in [0.25, 0.3) is 0 Å². The number of hydrogen-bond acceptors (Lipinski definition) is 4. The third-order valence-corrected chi connectivity index (χ3v) is 9.99. The molecule has 0 fully saturated rings. The van der Waals surface area contributed by atoms with E-state index in [1.165, 1.54) is 21.5 Å². The zero-order valence-corrected chi connectivity index (χ0v) is 27.2. The van der Waals surface area contributed by atoms with Gasteiger partial charge in [0.1, 0.15) is 11.2 Å². The van der Waals surface area contributed by atoms with Crippen molar-refractivity contribution in [1.29, 1.82) is 0 Å². The molecule has 0 atom stereocenters. The number of furan rings is 1. The van der Waals surface area contributed by atoms with E-state index in [1.807, 2.05) is 66.7 Å². The first-order valence-corrected chi connectivity index (χ1v) is 17.0. The molecule has 0 saturated heterocycles. The van der Waals surface area contributed by atoms with Crippen LogP contribution in [0.3, 0.4) is 0 Å². The van der Waals surface area contributed by atoms with Crippen LogP contribution in [0.15, 0.2) is 162 Å². The monoisotopic (exact) mass is 653 g/mol. The highest BCUT2D eigenvalue weighted by Gasteiger charge is 2.19. The van der Waals surface area contributed by atoms with E-state index in [-0.39, 0.29) is 0 Å². The first-order chi connectivity index (χ1) is 25.3. The fraction of sp³-hybridized carbons (Fsp3) is 0. The Morgan fingerprint density at radius 3 is 1.75 bits per heavy atom. The Morgan fingerprint density at radius 2 is 1.00 bits per heavy atom. The summed E-state index contributed by atoms with van der Waals surface area (Å²) in [5.74, 6) is 1.85. The van der Waals surface area contributed by atoms with Crippen molar-refractivity contribution in [2.75, 3.05) is 0 Å². The Bertz CT molecular complexity index is 3080. The van der Waals surface area contributed by atoms with Crippen molar-refractivity contribution in [2.24, 2.45) is 0 Å². The standard InChI is InChI=1S/C45H27N5O/c1-3-11-27(12-4-1)43-47-44(28-13-5-2-6-14-28)49-45(48-43)29-19-21-33-34-22-20-30(26-40(34)51-39(33)25-29)50-38-18-10-8-16-32(38)36-24-23-35-31-15-7-9-17-37(31)46-41(35)42(36)50/h1-26,46H. The average molecular weight is 654 g/mol. The van der Waals surface area contributed by atoms with Gasteiger partial charge in [-0.15, -0.1) is 0 Å². The first-order valence-electron chi connectivity index (χ1n) is 17.0. The van der Waals surface area contributed by atoms with Crippen LogP contribution >= 0.6 is 0 Å². The highest BCUT2D eigenvalue weighted by Crippen LogP contribution is 2.40. The molecule has 7 aromatic carbocycles. The van der Waals surface area contributed by atoms with Gasteiger partial charge < -0.3 is 14.0 Å². The number of rotatable bonds is 4. The molecule has 4 aromatic heterocycles. The van der Waals surface area contributed by atoms with Crippen molar-refractivity contribution in [2.45, 2.75) is 0 Å². The Kier molecular flexibility index (Phi) is 5.86. The summed E-state index contributed by atoms with van der Waals surface area (Å²) in [6.07, 6.45) is 0. The van der Waals surface area contributed by atoms with Crippen molar-refractivity contribution in [3.63, 3.8) is 0 Å². The van der Waals surface area contributed by atoms with Gasteiger partial charge >= 0.3 is 0 Å². The molecular weight excluding hydrogens is 627 g/mol. The summed E-state index contributed by atoms with van der Waals surface area (Å²) in [5.41, 5.74) is 9.93. The van der Waals surface area contributed by atoms with Crippen molar-refractivity contribution in [1.82, 2.24) is 24.5 Å². The lowest BCUT2D eigenvalue weighted by Crippen LogP contribution is -2.00. The van der Waals surface area contributed by atoms with Gasteiger partial charge in [0, 0.05) is 60.6 Å². The molecule has 0 bridgehead atoms. The van der Waals surface area contributed by atoms with Gasteiger partial charge in [0.05, 0.1) is 22.2 Å². The summed E-state index contributed by atoms with van der Waals surface area (Å²) in [6, 6.07) is 54.4. The van der Waals surface area contributed by atoms with Crippen LogP contribution in [0.4, 0.5) is 0 Å². The Balaban J connectivity index is 1.09. The van der Waals surface area contributed by atoms with E-state index in [9.17, 15) is 0 Å². The molecule has 0 aliphatic rings. The molecule has 11 rings (SSSR count). The minimum absolute atomic E-state index is 0.596. The predicted molar refractivity (Wildman–Crippen MR) is 207 cm³/mol.